The molecule has 0 amide bonds. The lowest BCUT2D eigenvalue weighted by Crippen LogP contribution is -2.58. The van der Waals surface area contributed by atoms with Crippen LogP contribution in [0.5, 0.6) is 0 Å². The van der Waals surface area contributed by atoms with Crippen LogP contribution in [0, 0.1) is 17.2 Å². The summed E-state index contributed by atoms with van der Waals surface area (Å²) in [6.07, 6.45) is 13.2. The maximum Gasteiger partial charge on any atom is 0.138 e. The van der Waals surface area contributed by atoms with Gasteiger partial charge in [-0.05, 0) is 105 Å². The minimum atomic E-state index is -0.754. The van der Waals surface area contributed by atoms with E-state index in [4.69, 9.17) is 19.5 Å². The SMILES string of the molecule is C=N/C(=C(/C=NC(=C)c1cccc2ccc(F)c(CC)c12)C(CF)=NCCCC12CCCC1N(C1CC(OC)C1)CCC2)N1CCOCC(C)C1. The minimum Gasteiger partial charge on any atom is -0.381 e. The fourth-order valence-corrected chi connectivity index (χ4v) is 9.41. The van der Waals surface area contributed by atoms with Crippen LogP contribution < -0.4 is 0 Å². The molecular weight excluding hydrogens is 644 g/mol. The Labute approximate surface area is 303 Å². The van der Waals surface area contributed by atoms with Crippen molar-refractivity contribution in [3.8, 4) is 0 Å². The first-order valence-electron chi connectivity index (χ1n) is 19.2. The molecule has 3 unspecified atom stereocenters. The zero-order valence-corrected chi connectivity index (χ0v) is 31.0. The van der Waals surface area contributed by atoms with Gasteiger partial charge in [-0.15, -0.1) is 0 Å². The number of allylic oxidation sites excluding steroid dienone is 1. The van der Waals surface area contributed by atoms with Crippen LogP contribution >= 0.6 is 0 Å². The number of rotatable bonds is 14. The number of halogens is 2. The number of ether oxygens (including phenoxy) is 2. The Bertz CT molecular complexity index is 1650. The fraction of sp³-hybridized carbons (Fsp3) is 0.595. The molecule has 3 atom stereocenters. The molecule has 0 aromatic heterocycles. The second kappa shape index (κ2) is 17.0. The van der Waals surface area contributed by atoms with Gasteiger partial charge in [0, 0.05) is 50.6 Å². The average molecular weight is 702 g/mol. The summed E-state index contributed by atoms with van der Waals surface area (Å²) < 4.78 is 41.5. The number of aryl methyl sites for hydroxylation is 1. The smallest absolute Gasteiger partial charge is 0.138 e. The van der Waals surface area contributed by atoms with E-state index in [-0.39, 0.29) is 11.7 Å². The highest BCUT2D eigenvalue weighted by Gasteiger charge is 2.50. The molecule has 2 saturated carbocycles. The molecule has 0 radical (unpaired) electrons. The molecule has 6 rings (SSSR count). The van der Waals surface area contributed by atoms with E-state index >= 15 is 4.39 Å². The monoisotopic (exact) mass is 701 g/mol. The summed E-state index contributed by atoms with van der Waals surface area (Å²) in [4.78, 5) is 19.1. The fourth-order valence-electron chi connectivity index (χ4n) is 9.41. The zero-order chi connectivity index (χ0) is 36.0. The number of hydrogen-bond acceptors (Lipinski definition) is 7. The van der Waals surface area contributed by atoms with Crippen LogP contribution in [0.2, 0.25) is 0 Å². The van der Waals surface area contributed by atoms with Crippen molar-refractivity contribution in [2.75, 3.05) is 53.2 Å². The second-order valence-corrected chi connectivity index (χ2v) is 15.2. The lowest BCUT2D eigenvalue weighted by Gasteiger charge is -2.53. The summed E-state index contributed by atoms with van der Waals surface area (Å²) in [6, 6.07) is 10.4. The highest BCUT2D eigenvalue weighted by Crippen LogP contribution is 2.52. The second-order valence-electron chi connectivity index (χ2n) is 15.2. The standard InChI is InChI=1S/C42H57F2N5O2/c1-6-34-37(44)15-14-31-11-7-12-35(40(31)34)30(3)47-26-36(41(45-4)48-21-22-51-28-29(2)27-48)38(25-43)46-19-9-17-42-16-8-13-39(42)49(20-10-18-42)32-23-33(24-32)50-5/h7,11-12,14-15,26,29,32-33,39H,3-4,6,8-10,13,16-25,27-28H2,1-2,5H3/b41-36+,46-38?,47-26?. The van der Waals surface area contributed by atoms with Crippen LogP contribution in [0.15, 0.2) is 63.3 Å². The van der Waals surface area contributed by atoms with E-state index in [1.165, 1.54) is 44.7 Å². The first-order chi connectivity index (χ1) is 24.8. The quantitative estimate of drug-likeness (QED) is 0.147. The van der Waals surface area contributed by atoms with Crippen LogP contribution in [-0.4, -0.2) is 99.8 Å². The summed E-state index contributed by atoms with van der Waals surface area (Å²) in [5.41, 5.74) is 2.98. The van der Waals surface area contributed by atoms with Gasteiger partial charge in [0.25, 0.3) is 0 Å². The predicted octanol–water partition coefficient (Wildman–Crippen LogP) is 8.47. The van der Waals surface area contributed by atoms with Crippen LogP contribution in [0.1, 0.15) is 82.8 Å². The third kappa shape index (κ3) is 8.06. The van der Waals surface area contributed by atoms with Gasteiger partial charge in [0.1, 0.15) is 18.3 Å². The van der Waals surface area contributed by atoms with Crippen LogP contribution in [0.3, 0.4) is 0 Å². The number of alkyl halides is 1. The third-order valence-corrected chi connectivity index (χ3v) is 12.0. The van der Waals surface area contributed by atoms with Crippen LogP contribution in [0.4, 0.5) is 8.78 Å². The van der Waals surface area contributed by atoms with Gasteiger partial charge in [0.05, 0.1) is 36.3 Å². The minimum absolute atomic E-state index is 0.246. The summed E-state index contributed by atoms with van der Waals surface area (Å²) in [5.74, 6) is 0.561. The predicted molar refractivity (Wildman–Crippen MR) is 206 cm³/mol. The molecule has 0 spiro atoms. The normalized spacial score (nSPS) is 28.0. The summed E-state index contributed by atoms with van der Waals surface area (Å²) in [7, 11) is 1.83. The van der Waals surface area contributed by atoms with Crippen LogP contribution in [0.25, 0.3) is 16.5 Å². The number of methoxy groups -OCH3 is 1. The Balaban J connectivity index is 1.26. The highest BCUT2D eigenvalue weighted by atomic mass is 19.1. The molecule has 4 aliphatic rings. The molecule has 51 heavy (non-hydrogen) atoms. The van der Waals surface area contributed by atoms with E-state index in [1.807, 2.05) is 32.2 Å². The molecule has 2 aromatic rings. The number of piperidine rings is 1. The Morgan fingerprint density at radius 1 is 1.16 bits per heavy atom. The van der Waals surface area contributed by atoms with Gasteiger partial charge in [-0.2, -0.15) is 0 Å². The van der Waals surface area contributed by atoms with E-state index in [9.17, 15) is 4.39 Å². The lowest BCUT2D eigenvalue weighted by atomic mass is 9.70. The number of nitrogens with zero attached hydrogens (tertiary/aromatic N) is 5. The largest absolute Gasteiger partial charge is 0.381 e. The number of likely N-dealkylation sites (tertiary alicyclic amines) is 1. The lowest BCUT2D eigenvalue weighted by molar-refractivity contribution is -0.0776. The summed E-state index contributed by atoms with van der Waals surface area (Å²) >= 11 is 0. The topological polar surface area (TPSA) is 62.0 Å². The highest BCUT2D eigenvalue weighted by molar-refractivity contribution is 6.18. The van der Waals surface area contributed by atoms with Crippen molar-refractivity contribution >= 4 is 35.1 Å². The van der Waals surface area contributed by atoms with E-state index < -0.39 is 6.67 Å². The Hall–Kier alpha value is -3.27. The molecule has 9 heteroatoms. The molecular formula is C42H57F2N5O2. The Morgan fingerprint density at radius 3 is 2.75 bits per heavy atom. The van der Waals surface area contributed by atoms with Gasteiger partial charge in [0.2, 0.25) is 0 Å². The molecule has 2 saturated heterocycles. The van der Waals surface area contributed by atoms with Gasteiger partial charge in [-0.1, -0.05) is 51.1 Å². The van der Waals surface area contributed by atoms with Crippen molar-refractivity contribution in [3.63, 3.8) is 0 Å². The number of benzene rings is 2. The summed E-state index contributed by atoms with van der Waals surface area (Å²) in [5, 5.41) is 1.72. The maximum absolute atomic E-state index is 15.2. The van der Waals surface area contributed by atoms with E-state index in [1.54, 1.807) is 12.3 Å². The third-order valence-electron chi connectivity index (χ3n) is 12.0. The molecule has 7 nitrogen and oxygen atoms in total. The van der Waals surface area contributed by atoms with Crippen molar-refractivity contribution in [2.24, 2.45) is 26.3 Å². The number of hydrogen-bond donors (Lipinski definition) is 0. The molecule has 276 valence electrons. The summed E-state index contributed by atoms with van der Waals surface area (Å²) in [6.45, 7) is 15.7. The van der Waals surface area contributed by atoms with Crippen molar-refractivity contribution in [1.82, 2.24) is 9.80 Å². The van der Waals surface area contributed by atoms with Gasteiger partial charge in [0.15, 0.2) is 0 Å². The molecule has 2 heterocycles. The van der Waals surface area contributed by atoms with E-state index in [0.717, 1.165) is 42.0 Å². The van der Waals surface area contributed by atoms with Crippen molar-refractivity contribution in [3.05, 3.63) is 65.2 Å². The van der Waals surface area contributed by atoms with Crippen molar-refractivity contribution in [2.45, 2.75) is 96.2 Å². The van der Waals surface area contributed by atoms with Crippen LogP contribution in [-0.2, 0) is 15.9 Å². The Morgan fingerprint density at radius 2 is 1.98 bits per heavy atom. The van der Waals surface area contributed by atoms with Crippen molar-refractivity contribution < 1.29 is 18.3 Å². The zero-order valence-electron chi connectivity index (χ0n) is 31.0. The molecule has 4 fully saturated rings. The number of aliphatic imine (C=N–C) groups is 3. The molecule has 2 aromatic carbocycles. The molecule has 2 aliphatic heterocycles. The van der Waals surface area contributed by atoms with Crippen molar-refractivity contribution in [1.29, 1.82) is 0 Å². The van der Waals surface area contributed by atoms with Gasteiger partial charge < -0.3 is 14.4 Å². The molecule has 2 aliphatic carbocycles. The van der Waals surface area contributed by atoms with Gasteiger partial charge in [-0.3, -0.25) is 14.9 Å². The maximum atomic E-state index is 15.2. The first-order valence-corrected chi connectivity index (χ1v) is 19.2. The average Bonchev–Trinajstić information content (AvgIpc) is 3.44. The van der Waals surface area contributed by atoms with Gasteiger partial charge in [-0.25, -0.2) is 13.8 Å². The van der Waals surface area contributed by atoms with E-state index in [0.29, 0.717) is 91.2 Å². The molecule has 0 bridgehead atoms. The van der Waals surface area contributed by atoms with E-state index in [2.05, 4.69) is 35.0 Å². The Kier molecular flexibility index (Phi) is 12.5. The van der Waals surface area contributed by atoms with Gasteiger partial charge >= 0.3 is 0 Å². The molecule has 0 N–H and O–H groups in total. The first kappa shape index (κ1) is 37.5. The number of fused-ring (bicyclic) bond motifs is 2.